The molecule has 4 heteroatoms. The van der Waals surface area contributed by atoms with Gasteiger partial charge in [0, 0.05) is 12.6 Å². The van der Waals surface area contributed by atoms with Gasteiger partial charge in [0.25, 0.3) is 0 Å². The van der Waals surface area contributed by atoms with Gasteiger partial charge in [-0.25, -0.2) is 0 Å². The number of carboxylic acids is 1. The van der Waals surface area contributed by atoms with Crippen molar-refractivity contribution in [1.82, 2.24) is 4.90 Å². The summed E-state index contributed by atoms with van der Waals surface area (Å²) in [6, 6.07) is 0.172. The van der Waals surface area contributed by atoms with Gasteiger partial charge < -0.3 is 15.1 Å². The molecule has 0 spiro atoms. The quantitative estimate of drug-likeness (QED) is 0.682. The van der Waals surface area contributed by atoms with Crippen molar-refractivity contribution in [3.05, 3.63) is 0 Å². The maximum Gasteiger partial charge on any atom is 0.308 e. The molecule has 1 fully saturated rings. The third-order valence-corrected chi connectivity index (χ3v) is 3.02. The minimum Gasteiger partial charge on any atom is -0.481 e. The van der Waals surface area contributed by atoms with Gasteiger partial charge in [-0.15, -0.1) is 0 Å². The number of carbonyl (C=O) groups is 1. The van der Waals surface area contributed by atoms with E-state index in [0.29, 0.717) is 6.42 Å². The van der Waals surface area contributed by atoms with E-state index in [1.807, 2.05) is 7.05 Å². The van der Waals surface area contributed by atoms with E-state index in [2.05, 4.69) is 4.90 Å². The van der Waals surface area contributed by atoms with E-state index in [4.69, 9.17) is 10.2 Å². The van der Waals surface area contributed by atoms with Gasteiger partial charge in [-0.1, -0.05) is 0 Å². The molecule has 0 heterocycles. The molecule has 82 valence electrons. The Labute approximate surface area is 84.5 Å². The molecule has 14 heavy (non-hydrogen) atoms. The van der Waals surface area contributed by atoms with E-state index in [9.17, 15) is 4.79 Å². The number of carboxylic acid groups (broad SMARTS) is 1. The van der Waals surface area contributed by atoms with Crippen LogP contribution in [-0.2, 0) is 4.79 Å². The van der Waals surface area contributed by atoms with Gasteiger partial charge >= 0.3 is 5.97 Å². The van der Waals surface area contributed by atoms with Gasteiger partial charge in [-0.3, -0.25) is 4.79 Å². The molecule has 1 saturated carbocycles. The molecule has 0 radical (unpaired) electrons. The molecule has 0 aromatic carbocycles. The van der Waals surface area contributed by atoms with Crippen LogP contribution >= 0.6 is 0 Å². The highest BCUT2D eigenvalue weighted by Gasteiger charge is 2.38. The van der Waals surface area contributed by atoms with Crippen molar-refractivity contribution in [2.75, 3.05) is 13.6 Å². The summed E-state index contributed by atoms with van der Waals surface area (Å²) in [6.45, 7) is 2.52. The zero-order valence-electron chi connectivity index (χ0n) is 8.81. The van der Waals surface area contributed by atoms with Crippen molar-refractivity contribution in [2.24, 2.45) is 5.92 Å². The number of hydrogen-bond acceptors (Lipinski definition) is 3. The summed E-state index contributed by atoms with van der Waals surface area (Å²) >= 11 is 0. The van der Waals surface area contributed by atoms with Crippen molar-refractivity contribution in [3.63, 3.8) is 0 Å². The molecule has 2 N–H and O–H groups in total. The molecular formula is C10H19NO3. The summed E-state index contributed by atoms with van der Waals surface area (Å²) in [5.41, 5.74) is 0. The standard InChI is InChI=1S/C10H19NO3/c1-7(12)5-6-11(2)9-4-3-8(9)10(13)14/h7-9,12H,3-6H2,1-2H3,(H,13,14). The van der Waals surface area contributed by atoms with Crippen LogP contribution in [0.3, 0.4) is 0 Å². The molecule has 1 aliphatic rings. The van der Waals surface area contributed by atoms with Gasteiger partial charge in [0.15, 0.2) is 0 Å². The number of rotatable bonds is 5. The molecule has 3 unspecified atom stereocenters. The summed E-state index contributed by atoms with van der Waals surface area (Å²) < 4.78 is 0. The highest BCUT2D eigenvalue weighted by atomic mass is 16.4. The second-order valence-corrected chi connectivity index (χ2v) is 4.21. The van der Waals surface area contributed by atoms with Gasteiger partial charge in [-0.05, 0) is 33.2 Å². The molecular weight excluding hydrogens is 182 g/mol. The molecule has 1 rings (SSSR count). The highest BCUT2D eigenvalue weighted by molar-refractivity contribution is 5.72. The summed E-state index contributed by atoms with van der Waals surface area (Å²) in [7, 11) is 1.93. The molecule has 0 aromatic heterocycles. The molecule has 0 aliphatic heterocycles. The second-order valence-electron chi connectivity index (χ2n) is 4.21. The lowest BCUT2D eigenvalue weighted by Crippen LogP contribution is -2.49. The van der Waals surface area contributed by atoms with Gasteiger partial charge in [-0.2, -0.15) is 0 Å². The van der Waals surface area contributed by atoms with Crippen molar-refractivity contribution < 1.29 is 15.0 Å². The zero-order chi connectivity index (χ0) is 10.7. The van der Waals surface area contributed by atoms with Crippen molar-refractivity contribution in [3.8, 4) is 0 Å². The smallest absolute Gasteiger partial charge is 0.308 e. The molecule has 0 bridgehead atoms. The zero-order valence-corrected chi connectivity index (χ0v) is 8.81. The van der Waals surface area contributed by atoms with Crippen LogP contribution in [-0.4, -0.2) is 46.8 Å². The monoisotopic (exact) mass is 201 g/mol. The molecule has 3 atom stereocenters. The van der Waals surface area contributed by atoms with E-state index < -0.39 is 5.97 Å². The van der Waals surface area contributed by atoms with E-state index in [1.165, 1.54) is 0 Å². The first-order valence-electron chi connectivity index (χ1n) is 5.13. The van der Waals surface area contributed by atoms with Crippen LogP contribution in [0.25, 0.3) is 0 Å². The van der Waals surface area contributed by atoms with Crippen LogP contribution in [0.15, 0.2) is 0 Å². The Kier molecular flexibility index (Phi) is 3.89. The van der Waals surface area contributed by atoms with Crippen LogP contribution in [0, 0.1) is 5.92 Å². The third kappa shape index (κ3) is 2.69. The van der Waals surface area contributed by atoms with Gasteiger partial charge in [0.1, 0.15) is 0 Å². The Balaban J connectivity index is 2.30. The fraction of sp³-hybridized carbons (Fsp3) is 0.900. The van der Waals surface area contributed by atoms with Crippen molar-refractivity contribution in [1.29, 1.82) is 0 Å². The Morgan fingerprint density at radius 2 is 2.21 bits per heavy atom. The van der Waals surface area contributed by atoms with Crippen LogP contribution in [0.5, 0.6) is 0 Å². The highest BCUT2D eigenvalue weighted by Crippen LogP contribution is 2.31. The van der Waals surface area contributed by atoms with Crippen LogP contribution in [0.2, 0.25) is 0 Å². The summed E-state index contributed by atoms with van der Waals surface area (Å²) in [4.78, 5) is 12.8. The van der Waals surface area contributed by atoms with E-state index in [1.54, 1.807) is 6.92 Å². The van der Waals surface area contributed by atoms with Crippen LogP contribution in [0.4, 0.5) is 0 Å². The Morgan fingerprint density at radius 3 is 2.57 bits per heavy atom. The Hall–Kier alpha value is -0.610. The molecule has 0 aromatic rings. The lowest BCUT2D eigenvalue weighted by atomic mass is 9.78. The Morgan fingerprint density at radius 1 is 1.57 bits per heavy atom. The first kappa shape index (κ1) is 11.5. The topological polar surface area (TPSA) is 60.8 Å². The molecule has 1 aliphatic carbocycles. The lowest BCUT2D eigenvalue weighted by Gasteiger charge is -2.40. The largest absolute Gasteiger partial charge is 0.481 e. The predicted molar refractivity (Wildman–Crippen MR) is 53.1 cm³/mol. The normalized spacial score (nSPS) is 28.6. The summed E-state index contributed by atoms with van der Waals surface area (Å²) in [5.74, 6) is -0.890. The Bertz CT molecular complexity index is 206. The molecule has 4 nitrogen and oxygen atoms in total. The minimum absolute atomic E-state index is 0.172. The number of aliphatic hydroxyl groups is 1. The SMILES string of the molecule is CC(O)CCN(C)C1CCC1C(=O)O. The fourth-order valence-corrected chi connectivity index (χ4v) is 1.85. The maximum absolute atomic E-state index is 10.8. The maximum atomic E-state index is 10.8. The first-order chi connectivity index (χ1) is 6.52. The van der Waals surface area contributed by atoms with Gasteiger partial charge in [0.05, 0.1) is 12.0 Å². The average Bonchev–Trinajstić information content (AvgIpc) is 1.97. The summed E-state index contributed by atoms with van der Waals surface area (Å²) in [5, 5.41) is 18.0. The van der Waals surface area contributed by atoms with E-state index in [0.717, 1.165) is 19.4 Å². The van der Waals surface area contributed by atoms with Crippen LogP contribution in [0.1, 0.15) is 26.2 Å². The number of aliphatic hydroxyl groups excluding tert-OH is 1. The van der Waals surface area contributed by atoms with Crippen molar-refractivity contribution in [2.45, 2.75) is 38.3 Å². The number of aliphatic carboxylic acids is 1. The predicted octanol–water partition coefficient (Wildman–Crippen LogP) is 0.552. The second kappa shape index (κ2) is 4.75. The average molecular weight is 201 g/mol. The fourth-order valence-electron chi connectivity index (χ4n) is 1.85. The number of nitrogens with zero attached hydrogens (tertiary/aromatic N) is 1. The van der Waals surface area contributed by atoms with Gasteiger partial charge in [0.2, 0.25) is 0 Å². The van der Waals surface area contributed by atoms with E-state index in [-0.39, 0.29) is 18.1 Å². The minimum atomic E-state index is -0.690. The van der Waals surface area contributed by atoms with Crippen LogP contribution < -0.4 is 0 Å². The first-order valence-corrected chi connectivity index (χ1v) is 5.13. The lowest BCUT2D eigenvalue weighted by molar-refractivity contribution is -0.148. The van der Waals surface area contributed by atoms with Crippen molar-refractivity contribution >= 4 is 5.97 Å². The third-order valence-electron chi connectivity index (χ3n) is 3.02. The molecule has 0 saturated heterocycles. The molecule has 0 amide bonds. The van der Waals surface area contributed by atoms with E-state index >= 15 is 0 Å². The number of hydrogen-bond donors (Lipinski definition) is 2. The summed E-state index contributed by atoms with van der Waals surface area (Å²) in [6.07, 6.45) is 2.16.